The second-order valence-corrected chi connectivity index (χ2v) is 6.79. The molecule has 158 valence electrons. The molecule has 1 aliphatic heterocycles. The number of hydrogen-bond acceptors (Lipinski definition) is 4. The Morgan fingerprint density at radius 2 is 2.07 bits per heavy atom. The molecule has 5 nitrogen and oxygen atoms in total. The van der Waals surface area contributed by atoms with Gasteiger partial charge in [-0.3, -0.25) is 4.99 Å². The van der Waals surface area contributed by atoms with E-state index in [1.54, 1.807) is 0 Å². The molecule has 0 fully saturated rings. The highest BCUT2D eigenvalue weighted by Crippen LogP contribution is 2.27. The van der Waals surface area contributed by atoms with Gasteiger partial charge in [-0.2, -0.15) is 0 Å². The third-order valence-corrected chi connectivity index (χ3v) is 4.61. The van der Waals surface area contributed by atoms with Crippen molar-refractivity contribution in [3.8, 4) is 0 Å². The standard InChI is InChI=1S/C20H26N4.C2H4O.C2H6/c1-3-4-5-6-7-16-10-17-8-9-24(20(17)23-12-16)19-11-18(15(2)21)13-22-14-19;1-2-3;1-2/h8-10,12-14,18H,2-7,11,21H2,1H3;2H,1H3;1-2H3. The minimum atomic E-state index is 0.0975. The van der Waals surface area contributed by atoms with Crippen molar-refractivity contribution in [3.05, 3.63) is 48.6 Å². The Morgan fingerprint density at radius 1 is 1.34 bits per heavy atom. The lowest BCUT2D eigenvalue weighted by molar-refractivity contribution is -0.106. The van der Waals surface area contributed by atoms with Crippen LogP contribution in [0.4, 0.5) is 0 Å². The Balaban J connectivity index is 0.000000771. The number of rotatable bonds is 7. The van der Waals surface area contributed by atoms with Crippen LogP contribution >= 0.6 is 0 Å². The van der Waals surface area contributed by atoms with Crippen molar-refractivity contribution >= 4 is 29.2 Å². The summed E-state index contributed by atoms with van der Waals surface area (Å²) in [5.41, 5.74) is 9.91. The molecule has 1 aliphatic rings. The quantitative estimate of drug-likeness (QED) is 0.478. The van der Waals surface area contributed by atoms with Crippen LogP contribution in [0.3, 0.4) is 0 Å². The van der Waals surface area contributed by atoms with Crippen molar-refractivity contribution in [2.75, 3.05) is 0 Å². The van der Waals surface area contributed by atoms with Gasteiger partial charge in [-0.15, -0.1) is 0 Å². The molecular formula is C24H36N4O. The van der Waals surface area contributed by atoms with Crippen molar-refractivity contribution in [1.82, 2.24) is 9.55 Å². The van der Waals surface area contributed by atoms with Gasteiger partial charge in [0.2, 0.25) is 0 Å². The molecule has 5 heteroatoms. The van der Waals surface area contributed by atoms with Crippen molar-refractivity contribution in [2.24, 2.45) is 16.6 Å². The van der Waals surface area contributed by atoms with Gasteiger partial charge in [0.05, 0.1) is 0 Å². The van der Waals surface area contributed by atoms with Gasteiger partial charge in [-0.25, -0.2) is 4.98 Å². The Bertz CT molecular complexity index is 833. The van der Waals surface area contributed by atoms with Crippen molar-refractivity contribution in [2.45, 2.75) is 66.2 Å². The van der Waals surface area contributed by atoms with Crippen LogP contribution in [0.25, 0.3) is 16.7 Å². The van der Waals surface area contributed by atoms with Crippen LogP contribution < -0.4 is 5.73 Å². The maximum Gasteiger partial charge on any atom is 0.144 e. The summed E-state index contributed by atoms with van der Waals surface area (Å²) in [6.07, 6.45) is 15.6. The van der Waals surface area contributed by atoms with Gasteiger partial charge in [0, 0.05) is 53.9 Å². The van der Waals surface area contributed by atoms with Crippen molar-refractivity contribution in [3.63, 3.8) is 0 Å². The van der Waals surface area contributed by atoms with Crippen LogP contribution in [0.15, 0.2) is 48.0 Å². The van der Waals surface area contributed by atoms with Gasteiger partial charge in [0.15, 0.2) is 0 Å². The fraction of sp³-hybridized carbons (Fsp3) is 0.458. The first kappa shape index (κ1) is 24.3. The largest absolute Gasteiger partial charge is 0.402 e. The molecule has 0 saturated carbocycles. The zero-order valence-electron chi connectivity index (χ0n) is 18.4. The Labute approximate surface area is 175 Å². The molecule has 29 heavy (non-hydrogen) atoms. The van der Waals surface area contributed by atoms with Gasteiger partial charge in [-0.05, 0) is 37.5 Å². The predicted octanol–water partition coefficient (Wildman–Crippen LogP) is 5.75. The summed E-state index contributed by atoms with van der Waals surface area (Å²) in [5.74, 6) is 0.0975. The number of allylic oxidation sites excluding steroid dienone is 2. The highest BCUT2D eigenvalue weighted by molar-refractivity contribution is 5.82. The summed E-state index contributed by atoms with van der Waals surface area (Å²) >= 11 is 0. The molecule has 3 rings (SSSR count). The Kier molecular flexibility index (Phi) is 11.3. The van der Waals surface area contributed by atoms with Gasteiger partial charge >= 0.3 is 0 Å². The number of aliphatic imine (C=N–C) groups is 1. The maximum absolute atomic E-state index is 8.81. The molecule has 1 unspecified atom stereocenters. The average Bonchev–Trinajstić information content (AvgIpc) is 3.17. The van der Waals surface area contributed by atoms with E-state index in [2.05, 4.69) is 41.4 Å². The molecule has 0 amide bonds. The second-order valence-electron chi connectivity index (χ2n) is 6.79. The van der Waals surface area contributed by atoms with E-state index in [0.29, 0.717) is 5.70 Å². The fourth-order valence-electron chi connectivity index (χ4n) is 3.14. The van der Waals surface area contributed by atoms with Gasteiger partial charge in [0.25, 0.3) is 0 Å². The molecule has 0 spiro atoms. The highest BCUT2D eigenvalue weighted by atomic mass is 16.1. The zero-order chi connectivity index (χ0) is 21.6. The number of unbranched alkanes of at least 4 members (excludes halogenated alkanes) is 3. The molecule has 3 heterocycles. The van der Waals surface area contributed by atoms with Crippen molar-refractivity contribution in [1.29, 1.82) is 0 Å². The van der Waals surface area contributed by atoms with Crippen LogP contribution in [0.5, 0.6) is 0 Å². The van der Waals surface area contributed by atoms with Gasteiger partial charge < -0.3 is 15.1 Å². The van der Waals surface area contributed by atoms with Gasteiger partial charge in [-0.1, -0.05) is 46.6 Å². The number of aryl methyl sites for hydroxylation is 1. The number of aromatic nitrogens is 2. The summed E-state index contributed by atoms with van der Waals surface area (Å²) in [5, 5.41) is 1.18. The van der Waals surface area contributed by atoms with E-state index >= 15 is 0 Å². The van der Waals surface area contributed by atoms with Crippen LogP contribution in [0.2, 0.25) is 0 Å². The third kappa shape index (κ3) is 7.33. The lowest BCUT2D eigenvalue weighted by Gasteiger charge is -2.18. The molecule has 0 bridgehead atoms. The molecule has 1 atom stereocenters. The molecular weight excluding hydrogens is 360 g/mol. The Hall–Kier alpha value is -2.69. The van der Waals surface area contributed by atoms with Crippen molar-refractivity contribution < 1.29 is 4.79 Å². The lowest BCUT2D eigenvalue weighted by Crippen LogP contribution is -2.16. The van der Waals surface area contributed by atoms with E-state index in [-0.39, 0.29) is 5.92 Å². The first-order valence-corrected chi connectivity index (χ1v) is 10.6. The van der Waals surface area contributed by atoms with Crippen LogP contribution in [0.1, 0.15) is 65.4 Å². The van der Waals surface area contributed by atoms with E-state index in [4.69, 9.17) is 15.5 Å². The topological polar surface area (TPSA) is 73.3 Å². The molecule has 0 saturated heterocycles. The molecule has 2 aromatic heterocycles. The molecule has 0 radical (unpaired) electrons. The van der Waals surface area contributed by atoms with E-state index in [1.165, 1.54) is 43.6 Å². The van der Waals surface area contributed by atoms with Crippen LogP contribution in [-0.4, -0.2) is 22.1 Å². The molecule has 2 N–H and O–H groups in total. The first-order chi connectivity index (χ1) is 14.1. The fourth-order valence-corrected chi connectivity index (χ4v) is 3.14. The van der Waals surface area contributed by atoms with E-state index in [9.17, 15) is 0 Å². The SMILES string of the molecule is C=C(N)C1C=NC=C(n2ccc3cc(CCCCCC)cnc32)C1.CC.CC=O. The minimum Gasteiger partial charge on any atom is -0.402 e. The average molecular weight is 397 g/mol. The molecule has 0 aromatic carbocycles. The number of nitrogens with two attached hydrogens (primary N) is 1. The number of pyridine rings is 1. The normalized spacial score (nSPS) is 14.9. The minimum absolute atomic E-state index is 0.0975. The number of fused-ring (bicyclic) bond motifs is 1. The predicted molar refractivity (Wildman–Crippen MR) is 125 cm³/mol. The van der Waals surface area contributed by atoms with E-state index in [1.807, 2.05) is 32.5 Å². The van der Waals surface area contributed by atoms with Gasteiger partial charge in [0.1, 0.15) is 11.9 Å². The third-order valence-electron chi connectivity index (χ3n) is 4.61. The summed E-state index contributed by atoms with van der Waals surface area (Å²) in [4.78, 5) is 17.8. The monoisotopic (exact) mass is 396 g/mol. The van der Waals surface area contributed by atoms with E-state index < -0.39 is 0 Å². The highest BCUT2D eigenvalue weighted by Gasteiger charge is 2.16. The maximum atomic E-state index is 8.81. The molecule has 0 aliphatic carbocycles. The number of aldehydes is 1. The smallest absolute Gasteiger partial charge is 0.144 e. The summed E-state index contributed by atoms with van der Waals surface area (Å²) in [6, 6.07) is 4.39. The number of nitrogens with zero attached hydrogens (tertiary/aromatic N) is 3. The number of hydrogen-bond donors (Lipinski definition) is 1. The van der Waals surface area contributed by atoms with E-state index in [0.717, 1.165) is 30.5 Å². The molecule has 2 aromatic rings. The Morgan fingerprint density at radius 3 is 2.72 bits per heavy atom. The van der Waals surface area contributed by atoms with Crippen LogP contribution in [-0.2, 0) is 11.2 Å². The zero-order valence-corrected chi connectivity index (χ0v) is 18.4. The number of carbonyl (C=O) groups is 1. The lowest BCUT2D eigenvalue weighted by atomic mass is 10.0. The number of carbonyl (C=O) groups excluding carboxylic acids is 1. The first-order valence-electron chi connectivity index (χ1n) is 10.6. The summed E-state index contributed by atoms with van der Waals surface area (Å²) < 4.78 is 2.11. The summed E-state index contributed by atoms with van der Waals surface area (Å²) in [7, 11) is 0. The van der Waals surface area contributed by atoms with Crippen LogP contribution in [0, 0.1) is 5.92 Å². The second kappa shape index (κ2) is 13.5. The summed E-state index contributed by atoms with van der Waals surface area (Å²) in [6.45, 7) is 11.5.